The molecule has 0 saturated heterocycles. The second-order valence-electron chi connectivity index (χ2n) is 4.19. The highest BCUT2D eigenvalue weighted by atomic mass is 32.1. The second-order valence-corrected chi connectivity index (χ2v) is 5.10. The van der Waals surface area contributed by atoms with Gasteiger partial charge < -0.3 is 10.1 Å². The summed E-state index contributed by atoms with van der Waals surface area (Å²) >= 11 is 1.44. The lowest BCUT2D eigenvalue weighted by molar-refractivity contribution is 0.172. The summed E-state index contributed by atoms with van der Waals surface area (Å²) in [7, 11) is 1.68. The molecule has 0 aliphatic carbocycles. The number of methoxy groups -OCH3 is 1. The molecule has 1 atom stereocenters. The highest BCUT2D eigenvalue weighted by Crippen LogP contribution is 2.12. The summed E-state index contributed by atoms with van der Waals surface area (Å²) in [5.41, 5.74) is 0.818. The van der Waals surface area contributed by atoms with Crippen LogP contribution in [0.5, 0.6) is 0 Å². The molecule has 2 heterocycles. The molecule has 0 spiro atoms. The van der Waals surface area contributed by atoms with Crippen LogP contribution in [-0.2, 0) is 11.3 Å². The quantitative estimate of drug-likeness (QED) is 0.851. The van der Waals surface area contributed by atoms with Crippen LogP contribution in [0.1, 0.15) is 6.92 Å². The molecule has 0 fully saturated rings. The third-order valence-corrected chi connectivity index (χ3v) is 3.59. The van der Waals surface area contributed by atoms with Gasteiger partial charge in [0.1, 0.15) is 4.70 Å². The van der Waals surface area contributed by atoms with Crippen LogP contribution in [0.4, 0.5) is 0 Å². The number of nitrogens with one attached hydrogen (secondary N) is 1. The maximum absolute atomic E-state index is 12.1. The van der Waals surface area contributed by atoms with Crippen molar-refractivity contribution < 1.29 is 4.74 Å². The number of hydrogen-bond donors (Lipinski definition) is 1. The first kappa shape index (κ1) is 13.2. The zero-order valence-corrected chi connectivity index (χ0v) is 11.4. The fraction of sp³-hybridized carbons (Fsp3) is 0.500. The molecule has 0 aliphatic rings. The third kappa shape index (κ3) is 2.95. The Morgan fingerprint density at radius 1 is 1.61 bits per heavy atom. The Kier molecular flexibility index (Phi) is 4.46. The summed E-state index contributed by atoms with van der Waals surface area (Å²) in [6.07, 6.45) is 1.61. The number of nitrogens with zero attached hydrogens (tertiary/aromatic N) is 2. The SMILES string of the molecule is COCC(C)NCCn1cnc2ccsc2c1=O. The van der Waals surface area contributed by atoms with Crippen LogP contribution < -0.4 is 10.9 Å². The van der Waals surface area contributed by atoms with Gasteiger partial charge in [0.15, 0.2) is 0 Å². The topological polar surface area (TPSA) is 56.1 Å². The number of thiophene rings is 1. The van der Waals surface area contributed by atoms with Gasteiger partial charge in [-0.15, -0.1) is 11.3 Å². The van der Waals surface area contributed by atoms with Gasteiger partial charge in [-0.2, -0.15) is 0 Å². The van der Waals surface area contributed by atoms with Gasteiger partial charge in [-0.25, -0.2) is 4.98 Å². The second kappa shape index (κ2) is 6.08. The Morgan fingerprint density at radius 3 is 3.22 bits per heavy atom. The highest BCUT2D eigenvalue weighted by molar-refractivity contribution is 7.17. The summed E-state index contributed by atoms with van der Waals surface area (Å²) in [5, 5.41) is 5.18. The summed E-state index contributed by atoms with van der Waals surface area (Å²) in [5.74, 6) is 0. The Morgan fingerprint density at radius 2 is 2.44 bits per heavy atom. The number of hydrogen-bond acceptors (Lipinski definition) is 5. The molecule has 0 bridgehead atoms. The fourth-order valence-corrected chi connectivity index (χ4v) is 2.57. The van der Waals surface area contributed by atoms with Crippen LogP contribution in [0.25, 0.3) is 10.2 Å². The van der Waals surface area contributed by atoms with E-state index in [4.69, 9.17) is 4.74 Å². The molecular weight excluding hydrogens is 250 g/mol. The molecule has 2 aromatic rings. The van der Waals surface area contributed by atoms with E-state index in [1.165, 1.54) is 11.3 Å². The van der Waals surface area contributed by atoms with E-state index in [2.05, 4.69) is 10.3 Å². The molecule has 0 amide bonds. The van der Waals surface area contributed by atoms with Crippen LogP contribution in [-0.4, -0.2) is 35.9 Å². The lowest BCUT2D eigenvalue weighted by Gasteiger charge is -2.13. The van der Waals surface area contributed by atoms with Crippen LogP contribution in [0.15, 0.2) is 22.6 Å². The minimum absolute atomic E-state index is 0.0381. The van der Waals surface area contributed by atoms with Gasteiger partial charge in [0, 0.05) is 26.2 Å². The van der Waals surface area contributed by atoms with E-state index in [0.29, 0.717) is 13.2 Å². The third-order valence-electron chi connectivity index (χ3n) is 2.70. The van der Waals surface area contributed by atoms with Gasteiger partial charge in [-0.05, 0) is 18.4 Å². The lowest BCUT2D eigenvalue weighted by Crippen LogP contribution is -2.34. The number of fused-ring (bicyclic) bond motifs is 1. The van der Waals surface area contributed by atoms with Crippen molar-refractivity contribution in [3.8, 4) is 0 Å². The normalized spacial score (nSPS) is 13.0. The highest BCUT2D eigenvalue weighted by Gasteiger charge is 2.05. The van der Waals surface area contributed by atoms with Crippen LogP contribution >= 0.6 is 11.3 Å². The maximum Gasteiger partial charge on any atom is 0.271 e. The van der Waals surface area contributed by atoms with Gasteiger partial charge in [0.25, 0.3) is 5.56 Å². The van der Waals surface area contributed by atoms with Gasteiger partial charge >= 0.3 is 0 Å². The molecule has 18 heavy (non-hydrogen) atoms. The minimum Gasteiger partial charge on any atom is -0.383 e. The molecule has 0 saturated carbocycles. The zero-order valence-electron chi connectivity index (χ0n) is 10.5. The molecule has 98 valence electrons. The molecule has 6 heteroatoms. The lowest BCUT2D eigenvalue weighted by atomic mass is 10.3. The molecule has 1 N–H and O–H groups in total. The molecule has 1 unspecified atom stereocenters. The Hall–Kier alpha value is -1.24. The molecular formula is C12H17N3O2S. The van der Waals surface area contributed by atoms with E-state index in [1.54, 1.807) is 18.0 Å². The van der Waals surface area contributed by atoms with E-state index in [9.17, 15) is 4.79 Å². The van der Waals surface area contributed by atoms with Crippen LogP contribution in [0, 0.1) is 0 Å². The number of ether oxygens (including phenoxy) is 1. The van der Waals surface area contributed by atoms with Crippen molar-refractivity contribution in [1.82, 2.24) is 14.9 Å². The number of rotatable bonds is 6. The van der Waals surface area contributed by atoms with Crippen molar-refractivity contribution in [2.75, 3.05) is 20.3 Å². The molecule has 0 radical (unpaired) electrons. The van der Waals surface area contributed by atoms with Crippen LogP contribution in [0.3, 0.4) is 0 Å². The first-order valence-corrected chi connectivity index (χ1v) is 6.75. The van der Waals surface area contributed by atoms with Crippen LogP contribution in [0.2, 0.25) is 0 Å². The fourth-order valence-electron chi connectivity index (χ4n) is 1.78. The summed E-state index contributed by atoms with van der Waals surface area (Å²) in [6.45, 7) is 4.06. The average molecular weight is 267 g/mol. The van der Waals surface area contributed by atoms with Crippen molar-refractivity contribution in [3.63, 3.8) is 0 Å². The predicted molar refractivity (Wildman–Crippen MR) is 73.2 cm³/mol. The zero-order chi connectivity index (χ0) is 13.0. The van der Waals surface area contributed by atoms with Crippen molar-refractivity contribution in [3.05, 3.63) is 28.1 Å². The van der Waals surface area contributed by atoms with Gasteiger partial charge in [0.2, 0.25) is 0 Å². The molecule has 5 nitrogen and oxygen atoms in total. The van der Waals surface area contributed by atoms with E-state index in [1.807, 2.05) is 18.4 Å². The van der Waals surface area contributed by atoms with Crippen molar-refractivity contribution in [1.29, 1.82) is 0 Å². The van der Waals surface area contributed by atoms with Gasteiger partial charge in [0.05, 0.1) is 18.5 Å². The van der Waals surface area contributed by atoms with E-state index in [-0.39, 0.29) is 11.6 Å². The predicted octanol–water partition coefficient (Wildman–Crippen LogP) is 1.08. The Bertz CT molecular complexity index is 564. The molecule has 0 aliphatic heterocycles. The molecule has 2 rings (SSSR count). The standard InChI is InChI=1S/C12H17N3O2S/c1-9(7-17-2)13-4-5-15-8-14-10-3-6-18-11(10)12(15)16/h3,6,8-9,13H,4-5,7H2,1-2H3. The van der Waals surface area contributed by atoms with Crippen molar-refractivity contribution in [2.45, 2.75) is 19.5 Å². The summed E-state index contributed by atoms with van der Waals surface area (Å²) in [6, 6.07) is 2.15. The minimum atomic E-state index is 0.0381. The smallest absolute Gasteiger partial charge is 0.271 e. The van der Waals surface area contributed by atoms with Gasteiger partial charge in [-0.3, -0.25) is 9.36 Å². The van der Waals surface area contributed by atoms with Crippen molar-refractivity contribution >= 4 is 21.6 Å². The monoisotopic (exact) mass is 267 g/mol. The van der Waals surface area contributed by atoms with Crippen molar-refractivity contribution in [2.24, 2.45) is 0 Å². The average Bonchev–Trinajstić information content (AvgIpc) is 2.81. The summed E-state index contributed by atoms with van der Waals surface area (Å²) < 4.78 is 7.40. The first-order chi connectivity index (χ1) is 8.72. The first-order valence-electron chi connectivity index (χ1n) is 5.87. The van der Waals surface area contributed by atoms with E-state index in [0.717, 1.165) is 16.8 Å². The van der Waals surface area contributed by atoms with E-state index < -0.39 is 0 Å². The molecule has 2 aromatic heterocycles. The largest absolute Gasteiger partial charge is 0.383 e. The molecule has 0 aromatic carbocycles. The van der Waals surface area contributed by atoms with E-state index >= 15 is 0 Å². The Labute approximate surface area is 109 Å². The summed E-state index contributed by atoms with van der Waals surface area (Å²) in [4.78, 5) is 16.3. The van der Waals surface area contributed by atoms with Gasteiger partial charge in [-0.1, -0.05) is 0 Å². The maximum atomic E-state index is 12.1. The Balaban J connectivity index is 1.99. The number of aromatic nitrogens is 2.